The molecule has 172 valence electrons. The van der Waals surface area contributed by atoms with Gasteiger partial charge in [0.25, 0.3) is 5.91 Å². The monoisotopic (exact) mass is 476 g/mol. The van der Waals surface area contributed by atoms with Gasteiger partial charge in [-0.1, -0.05) is 6.07 Å². The first-order chi connectivity index (χ1) is 14.6. The fraction of sp³-hybridized carbons (Fsp3) is 0.350. The summed E-state index contributed by atoms with van der Waals surface area (Å²) in [5, 5.41) is 3.04. The number of benzene rings is 1. The van der Waals surface area contributed by atoms with Crippen LogP contribution in [0.4, 0.5) is 32.6 Å². The minimum absolute atomic E-state index is 0. The molecule has 4 rings (SSSR count). The molecule has 1 N–H and O–H groups in total. The third kappa shape index (κ3) is 3.90. The highest BCUT2D eigenvalue weighted by Crippen LogP contribution is 2.40. The standard InChI is InChI=1S/C20H17F5N4O2.ClH/c21-14-2-1-3-15(22)13(14)11-28-18(31)29(17(30)19(28)5-8-26-9-6-19)16-10-12(4-7-27-16)20(23,24)25;/h1-4,7,10,26H,5-6,8-9,11H2;1H. The minimum Gasteiger partial charge on any atom is -0.317 e. The van der Waals surface area contributed by atoms with Gasteiger partial charge in [-0.3, -0.25) is 4.79 Å². The maximum Gasteiger partial charge on any atom is 0.416 e. The summed E-state index contributed by atoms with van der Waals surface area (Å²) in [6.07, 6.45) is -3.56. The van der Waals surface area contributed by atoms with Gasteiger partial charge in [-0.05, 0) is 50.2 Å². The number of amides is 3. The third-order valence-electron chi connectivity index (χ3n) is 5.65. The Balaban J connectivity index is 0.00000289. The Morgan fingerprint density at radius 2 is 1.69 bits per heavy atom. The molecule has 1 aromatic carbocycles. The molecule has 0 atom stereocenters. The average Bonchev–Trinajstić information content (AvgIpc) is 2.91. The van der Waals surface area contributed by atoms with Gasteiger partial charge in [0.15, 0.2) is 0 Å². The number of rotatable bonds is 3. The zero-order chi connectivity index (χ0) is 22.4. The number of pyridine rings is 1. The number of carbonyl (C=O) groups excluding carboxylic acids is 2. The van der Waals surface area contributed by atoms with Gasteiger partial charge < -0.3 is 10.2 Å². The first kappa shape index (κ1) is 23.9. The topological polar surface area (TPSA) is 65.5 Å². The van der Waals surface area contributed by atoms with E-state index < -0.39 is 58.8 Å². The van der Waals surface area contributed by atoms with E-state index in [1.165, 1.54) is 6.07 Å². The van der Waals surface area contributed by atoms with E-state index in [4.69, 9.17) is 0 Å². The summed E-state index contributed by atoms with van der Waals surface area (Å²) in [6, 6.07) is 3.59. The van der Waals surface area contributed by atoms with Gasteiger partial charge in [0.2, 0.25) is 0 Å². The highest BCUT2D eigenvalue weighted by Gasteiger charge is 2.58. The van der Waals surface area contributed by atoms with Crippen molar-refractivity contribution >= 4 is 30.2 Å². The predicted molar refractivity (Wildman–Crippen MR) is 106 cm³/mol. The Kier molecular flexibility index (Phi) is 6.43. The second-order valence-electron chi connectivity index (χ2n) is 7.39. The molecule has 1 aromatic heterocycles. The fourth-order valence-corrected chi connectivity index (χ4v) is 4.02. The summed E-state index contributed by atoms with van der Waals surface area (Å²) in [5.41, 5.74) is -2.91. The van der Waals surface area contributed by atoms with E-state index in [1.54, 1.807) is 0 Å². The second-order valence-corrected chi connectivity index (χ2v) is 7.39. The number of nitrogens with one attached hydrogen (secondary N) is 1. The fourth-order valence-electron chi connectivity index (χ4n) is 4.02. The van der Waals surface area contributed by atoms with Gasteiger partial charge in [0, 0.05) is 11.8 Å². The molecular weight excluding hydrogens is 459 g/mol. The zero-order valence-corrected chi connectivity index (χ0v) is 17.3. The van der Waals surface area contributed by atoms with Gasteiger partial charge >= 0.3 is 12.2 Å². The first-order valence-electron chi connectivity index (χ1n) is 9.48. The maximum atomic E-state index is 14.3. The number of alkyl halides is 3. The smallest absolute Gasteiger partial charge is 0.317 e. The highest BCUT2D eigenvalue weighted by molar-refractivity contribution is 6.22. The molecule has 12 heteroatoms. The third-order valence-corrected chi connectivity index (χ3v) is 5.65. The van der Waals surface area contributed by atoms with Crippen molar-refractivity contribution in [3.8, 4) is 0 Å². The highest BCUT2D eigenvalue weighted by atomic mass is 35.5. The summed E-state index contributed by atoms with van der Waals surface area (Å²) in [7, 11) is 0. The quantitative estimate of drug-likeness (QED) is 0.539. The largest absolute Gasteiger partial charge is 0.416 e. The van der Waals surface area contributed by atoms with Crippen molar-refractivity contribution in [2.75, 3.05) is 18.0 Å². The molecule has 2 aromatic rings. The molecule has 2 aliphatic heterocycles. The van der Waals surface area contributed by atoms with E-state index in [-0.39, 0.29) is 25.2 Å². The van der Waals surface area contributed by atoms with Crippen LogP contribution in [0.3, 0.4) is 0 Å². The number of urea groups is 1. The molecule has 0 bridgehead atoms. The molecule has 0 saturated carbocycles. The molecule has 0 radical (unpaired) electrons. The van der Waals surface area contributed by atoms with E-state index in [0.29, 0.717) is 24.1 Å². The lowest BCUT2D eigenvalue weighted by molar-refractivity contribution is -0.137. The predicted octanol–water partition coefficient (Wildman–Crippen LogP) is 3.89. The first-order valence-corrected chi connectivity index (χ1v) is 9.48. The van der Waals surface area contributed by atoms with Gasteiger partial charge in [0.05, 0.1) is 12.1 Å². The van der Waals surface area contributed by atoms with Crippen molar-refractivity contribution < 1.29 is 31.5 Å². The van der Waals surface area contributed by atoms with Crippen molar-refractivity contribution in [3.63, 3.8) is 0 Å². The summed E-state index contributed by atoms with van der Waals surface area (Å²) in [5.74, 6) is -3.03. The molecule has 1 spiro atoms. The van der Waals surface area contributed by atoms with Gasteiger partial charge in [-0.2, -0.15) is 13.2 Å². The molecule has 32 heavy (non-hydrogen) atoms. The van der Waals surface area contributed by atoms with Crippen LogP contribution in [0.1, 0.15) is 24.0 Å². The van der Waals surface area contributed by atoms with Crippen LogP contribution in [0.5, 0.6) is 0 Å². The lowest BCUT2D eigenvalue weighted by Gasteiger charge is -2.38. The van der Waals surface area contributed by atoms with Crippen LogP contribution in [-0.4, -0.2) is 40.5 Å². The van der Waals surface area contributed by atoms with E-state index in [1.807, 2.05) is 0 Å². The summed E-state index contributed by atoms with van der Waals surface area (Å²) < 4.78 is 67.9. The summed E-state index contributed by atoms with van der Waals surface area (Å²) in [6.45, 7) is 0.150. The van der Waals surface area contributed by atoms with E-state index >= 15 is 0 Å². The molecule has 6 nitrogen and oxygen atoms in total. The molecule has 2 fully saturated rings. The number of anilines is 1. The van der Waals surface area contributed by atoms with Crippen LogP contribution >= 0.6 is 12.4 Å². The second kappa shape index (κ2) is 8.62. The van der Waals surface area contributed by atoms with Crippen molar-refractivity contribution in [1.82, 2.24) is 15.2 Å². The van der Waals surface area contributed by atoms with Crippen molar-refractivity contribution in [2.24, 2.45) is 0 Å². The molecular formula is C20H18ClF5N4O2. The normalized spacial score (nSPS) is 18.3. The maximum absolute atomic E-state index is 14.3. The molecule has 3 heterocycles. The van der Waals surface area contributed by atoms with Crippen LogP contribution in [-0.2, 0) is 17.5 Å². The number of nitrogens with zero attached hydrogens (tertiary/aromatic N) is 3. The van der Waals surface area contributed by atoms with E-state index in [2.05, 4.69) is 10.3 Å². The Morgan fingerprint density at radius 3 is 2.28 bits per heavy atom. The van der Waals surface area contributed by atoms with Crippen LogP contribution in [0.2, 0.25) is 0 Å². The summed E-state index contributed by atoms with van der Waals surface area (Å²) >= 11 is 0. The van der Waals surface area contributed by atoms with E-state index in [0.717, 1.165) is 29.3 Å². The van der Waals surface area contributed by atoms with Gasteiger partial charge in [-0.15, -0.1) is 12.4 Å². The van der Waals surface area contributed by atoms with Crippen molar-refractivity contribution in [2.45, 2.75) is 31.1 Å². The molecule has 0 unspecified atom stereocenters. The Bertz CT molecular complexity index is 1020. The molecule has 3 amide bonds. The van der Waals surface area contributed by atoms with Gasteiger partial charge in [-0.25, -0.2) is 23.5 Å². The Morgan fingerprint density at radius 1 is 1.06 bits per heavy atom. The van der Waals surface area contributed by atoms with Crippen LogP contribution in [0, 0.1) is 11.6 Å². The molecule has 0 aliphatic carbocycles. The number of hydrogen-bond donors (Lipinski definition) is 1. The lowest BCUT2D eigenvalue weighted by Crippen LogP contribution is -2.55. The van der Waals surface area contributed by atoms with Crippen molar-refractivity contribution in [3.05, 3.63) is 59.3 Å². The number of piperidine rings is 1. The van der Waals surface area contributed by atoms with E-state index in [9.17, 15) is 31.5 Å². The van der Waals surface area contributed by atoms with Crippen LogP contribution in [0.15, 0.2) is 36.5 Å². The van der Waals surface area contributed by atoms with Gasteiger partial charge in [0.1, 0.15) is 23.0 Å². The summed E-state index contributed by atoms with van der Waals surface area (Å²) in [4.78, 5) is 32.0. The van der Waals surface area contributed by atoms with Crippen molar-refractivity contribution in [1.29, 1.82) is 0 Å². The zero-order valence-electron chi connectivity index (χ0n) is 16.5. The SMILES string of the molecule is Cl.O=C1N(c2cc(C(F)(F)F)ccn2)C(=O)C2(CCNCC2)N1Cc1c(F)cccc1F. The number of carbonyl (C=O) groups is 2. The molecule has 2 aliphatic rings. The number of halogens is 6. The minimum atomic E-state index is -4.70. The van der Waals surface area contributed by atoms with Crippen LogP contribution < -0.4 is 10.2 Å². The number of imide groups is 1. The Hall–Kier alpha value is -2.79. The number of hydrogen-bond acceptors (Lipinski definition) is 4. The Labute approximate surface area is 185 Å². The molecule has 2 saturated heterocycles. The van der Waals surface area contributed by atoms with Crippen LogP contribution in [0.25, 0.3) is 0 Å². The average molecular weight is 477 g/mol. The lowest BCUT2D eigenvalue weighted by atomic mass is 9.86. The number of aromatic nitrogens is 1.